The summed E-state index contributed by atoms with van der Waals surface area (Å²) in [6, 6.07) is 2.90. The number of aryl methyl sites for hydroxylation is 1. The van der Waals surface area contributed by atoms with Gasteiger partial charge < -0.3 is 10.8 Å². The Morgan fingerprint density at radius 3 is 2.67 bits per heavy atom. The van der Waals surface area contributed by atoms with Crippen LogP contribution in [0.2, 0.25) is 5.02 Å². The van der Waals surface area contributed by atoms with E-state index in [1.165, 1.54) is 6.07 Å². The molecular weight excluding hydrogens is 178 g/mol. The minimum atomic E-state index is -1.06. The predicted octanol–water partition coefficient (Wildman–Crippen LogP) is 1.93. The average molecular weight is 186 g/mol. The quantitative estimate of drug-likeness (QED) is 0.658. The zero-order valence-corrected chi connectivity index (χ0v) is 7.22. The van der Waals surface area contributed by atoms with Crippen molar-refractivity contribution in [3.63, 3.8) is 0 Å². The molecule has 0 aliphatic heterocycles. The number of aromatic carboxylic acids is 1. The fourth-order valence-corrected chi connectivity index (χ4v) is 1.15. The highest BCUT2D eigenvalue weighted by atomic mass is 35.5. The van der Waals surface area contributed by atoms with Crippen molar-refractivity contribution in [3.8, 4) is 0 Å². The van der Waals surface area contributed by atoms with Gasteiger partial charge in [-0.25, -0.2) is 4.79 Å². The van der Waals surface area contributed by atoms with E-state index >= 15 is 0 Å². The first-order chi connectivity index (χ1) is 5.52. The summed E-state index contributed by atoms with van der Waals surface area (Å²) in [7, 11) is 0. The highest BCUT2D eigenvalue weighted by Gasteiger charge is 2.09. The lowest BCUT2D eigenvalue weighted by Gasteiger charge is -2.03. The second kappa shape index (κ2) is 3.03. The van der Waals surface area contributed by atoms with E-state index in [0.29, 0.717) is 5.69 Å². The summed E-state index contributed by atoms with van der Waals surface area (Å²) in [5, 5.41) is 8.86. The number of hydrogen-bond acceptors (Lipinski definition) is 2. The Labute approximate surface area is 74.8 Å². The van der Waals surface area contributed by atoms with Gasteiger partial charge in [-0.05, 0) is 24.6 Å². The molecule has 4 heteroatoms. The molecule has 1 rings (SSSR count). The van der Waals surface area contributed by atoms with Gasteiger partial charge in [0, 0.05) is 5.69 Å². The molecule has 0 heterocycles. The van der Waals surface area contributed by atoms with E-state index in [0.717, 1.165) is 5.56 Å². The molecule has 0 bridgehead atoms. The molecule has 0 unspecified atom stereocenters. The third kappa shape index (κ3) is 1.51. The van der Waals surface area contributed by atoms with Crippen LogP contribution in [-0.2, 0) is 0 Å². The smallest absolute Gasteiger partial charge is 0.337 e. The van der Waals surface area contributed by atoms with Crippen molar-refractivity contribution in [2.24, 2.45) is 0 Å². The Morgan fingerprint density at radius 2 is 2.17 bits per heavy atom. The number of carbonyl (C=O) groups is 1. The molecule has 3 nitrogen and oxygen atoms in total. The fourth-order valence-electron chi connectivity index (χ4n) is 0.853. The highest BCUT2D eigenvalue weighted by Crippen LogP contribution is 2.22. The Kier molecular flexibility index (Phi) is 2.24. The number of carboxylic acid groups (broad SMARTS) is 1. The molecular formula is C8H8ClNO2. The van der Waals surface area contributed by atoms with Crippen LogP contribution in [0.4, 0.5) is 5.69 Å². The summed E-state index contributed by atoms with van der Waals surface area (Å²) in [5.74, 6) is -1.06. The lowest BCUT2D eigenvalue weighted by molar-refractivity contribution is 0.0697. The molecule has 0 saturated heterocycles. The summed E-state index contributed by atoms with van der Waals surface area (Å²) in [6.45, 7) is 1.77. The molecule has 12 heavy (non-hydrogen) atoms. The van der Waals surface area contributed by atoms with Gasteiger partial charge in [-0.3, -0.25) is 0 Å². The largest absolute Gasteiger partial charge is 0.478 e. The molecule has 0 aliphatic carbocycles. The first kappa shape index (κ1) is 8.87. The van der Waals surface area contributed by atoms with Gasteiger partial charge in [0.15, 0.2) is 0 Å². The Balaban J connectivity index is 3.33. The molecule has 1 aromatic rings. The first-order valence-corrected chi connectivity index (χ1v) is 3.69. The van der Waals surface area contributed by atoms with Crippen molar-refractivity contribution in [2.45, 2.75) is 6.92 Å². The van der Waals surface area contributed by atoms with Gasteiger partial charge in [0.05, 0.1) is 10.6 Å². The van der Waals surface area contributed by atoms with E-state index < -0.39 is 5.97 Å². The molecule has 0 radical (unpaired) electrons. The number of hydrogen-bond donors (Lipinski definition) is 2. The van der Waals surface area contributed by atoms with Crippen LogP contribution in [0.25, 0.3) is 0 Å². The van der Waals surface area contributed by atoms with Crippen molar-refractivity contribution >= 4 is 23.3 Å². The van der Waals surface area contributed by atoms with Gasteiger partial charge >= 0.3 is 5.97 Å². The normalized spacial score (nSPS) is 9.83. The van der Waals surface area contributed by atoms with Crippen LogP contribution in [0.15, 0.2) is 12.1 Å². The minimum Gasteiger partial charge on any atom is -0.478 e. The van der Waals surface area contributed by atoms with Gasteiger partial charge in [0.25, 0.3) is 0 Å². The van der Waals surface area contributed by atoms with Crippen LogP contribution < -0.4 is 5.73 Å². The molecule has 1 aromatic carbocycles. The lowest BCUT2D eigenvalue weighted by atomic mass is 10.1. The molecule has 0 aromatic heterocycles. The van der Waals surface area contributed by atoms with Crippen molar-refractivity contribution in [1.82, 2.24) is 0 Å². The minimum absolute atomic E-state index is 0.0415. The molecule has 0 amide bonds. The molecule has 0 fully saturated rings. The zero-order chi connectivity index (χ0) is 9.30. The maximum absolute atomic E-state index is 10.5. The molecule has 0 aliphatic rings. The Morgan fingerprint density at radius 1 is 1.58 bits per heavy atom. The number of benzene rings is 1. The van der Waals surface area contributed by atoms with Gasteiger partial charge in [-0.2, -0.15) is 0 Å². The summed E-state index contributed by atoms with van der Waals surface area (Å²) in [6.07, 6.45) is 0. The summed E-state index contributed by atoms with van der Waals surface area (Å²) >= 11 is 5.66. The number of carboxylic acids is 1. The van der Waals surface area contributed by atoms with Crippen molar-refractivity contribution in [3.05, 3.63) is 28.3 Å². The van der Waals surface area contributed by atoms with Crippen LogP contribution in [0.3, 0.4) is 0 Å². The van der Waals surface area contributed by atoms with E-state index in [2.05, 4.69) is 0 Å². The highest BCUT2D eigenvalue weighted by molar-refractivity contribution is 6.33. The number of anilines is 1. The monoisotopic (exact) mass is 185 g/mol. The molecule has 0 spiro atoms. The van der Waals surface area contributed by atoms with E-state index in [1.807, 2.05) is 0 Å². The lowest BCUT2D eigenvalue weighted by Crippen LogP contribution is -2.00. The van der Waals surface area contributed by atoms with E-state index in [4.69, 9.17) is 22.4 Å². The topological polar surface area (TPSA) is 63.3 Å². The third-order valence-electron chi connectivity index (χ3n) is 1.59. The van der Waals surface area contributed by atoms with Crippen LogP contribution in [0, 0.1) is 6.92 Å². The molecule has 3 N–H and O–H groups in total. The van der Waals surface area contributed by atoms with Gasteiger partial charge in [0.1, 0.15) is 0 Å². The van der Waals surface area contributed by atoms with E-state index in [1.54, 1.807) is 13.0 Å². The molecule has 0 saturated carbocycles. The number of nitrogen functional groups attached to an aromatic ring is 1. The van der Waals surface area contributed by atoms with Crippen molar-refractivity contribution < 1.29 is 9.90 Å². The average Bonchev–Trinajstić information content (AvgIpc) is 1.96. The fraction of sp³-hybridized carbons (Fsp3) is 0.125. The number of halogens is 1. The third-order valence-corrected chi connectivity index (χ3v) is 1.90. The maximum Gasteiger partial charge on any atom is 0.337 e. The van der Waals surface area contributed by atoms with Crippen molar-refractivity contribution in [2.75, 3.05) is 5.73 Å². The Bertz CT molecular complexity index is 336. The summed E-state index contributed by atoms with van der Waals surface area (Å²) in [5.41, 5.74) is 6.77. The van der Waals surface area contributed by atoms with Crippen LogP contribution in [-0.4, -0.2) is 11.1 Å². The van der Waals surface area contributed by atoms with Crippen molar-refractivity contribution in [1.29, 1.82) is 0 Å². The maximum atomic E-state index is 10.5. The first-order valence-electron chi connectivity index (χ1n) is 3.31. The predicted molar refractivity (Wildman–Crippen MR) is 47.6 cm³/mol. The number of rotatable bonds is 1. The molecule has 0 atom stereocenters. The molecule has 64 valence electrons. The summed E-state index contributed by atoms with van der Waals surface area (Å²) < 4.78 is 0. The Hall–Kier alpha value is -1.22. The van der Waals surface area contributed by atoms with Crippen LogP contribution in [0.1, 0.15) is 15.9 Å². The number of nitrogens with two attached hydrogens (primary N) is 1. The SMILES string of the molecule is Cc1cc(Cl)c(C(=O)O)cc1N. The van der Waals surface area contributed by atoms with Crippen LogP contribution in [0.5, 0.6) is 0 Å². The van der Waals surface area contributed by atoms with E-state index in [9.17, 15) is 4.79 Å². The van der Waals surface area contributed by atoms with E-state index in [-0.39, 0.29) is 10.6 Å². The zero-order valence-electron chi connectivity index (χ0n) is 6.47. The van der Waals surface area contributed by atoms with Gasteiger partial charge in [0.2, 0.25) is 0 Å². The second-order valence-corrected chi connectivity index (χ2v) is 2.90. The standard InChI is InChI=1S/C8H8ClNO2/c1-4-2-6(9)5(8(11)12)3-7(4)10/h2-3H,10H2,1H3,(H,11,12). The van der Waals surface area contributed by atoms with Gasteiger partial charge in [-0.1, -0.05) is 11.6 Å². The second-order valence-electron chi connectivity index (χ2n) is 2.49. The summed E-state index contributed by atoms with van der Waals surface area (Å²) in [4.78, 5) is 10.5. The van der Waals surface area contributed by atoms with Gasteiger partial charge in [-0.15, -0.1) is 0 Å². The van der Waals surface area contributed by atoms with Crippen LogP contribution >= 0.6 is 11.6 Å².